The third kappa shape index (κ3) is 4.77. The molecule has 6 nitrogen and oxygen atoms in total. The fourth-order valence-electron chi connectivity index (χ4n) is 2.17. The normalized spacial score (nSPS) is 10.7. The topological polar surface area (TPSA) is 86.5 Å². The minimum Gasteiger partial charge on any atom is -0.492 e. The zero-order valence-electron chi connectivity index (χ0n) is 14.2. The largest absolute Gasteiger partial charge is 0.492 e. The second-order valence-electron chi connectivity index (χ2n) is 5.35. The monoisotopic (exact) mass is 349 g/mol. The van der Waals surface area contributed by atoms with Crippen LogP contribution in [0.1, 0.15) is 31.5 Å². The molecule has 0 atom stereocenters. The zero-order chi connectivity index (χ0) is 17.5. The molecule has 0 unspecified atom stereocenters. The maximum absolute atomic E-state index is 12.4. The third-order valence-electron chi connectivity index (χ3n) is 3.44. The molecule has 2 aromatic rings. The number of nitrogens with zero attached hydrogens (tertiary/aromatic N) is 1. The number of ether oxygens (including phenoxy) is 2. The van der Waals surface area contributed by atoms with Crippen molar-refractivity contribution >= 4 is 17.2 Å². The van der Waals surface area contributed by atoms with Crippen molar-refractivity contribution in [1.29, 1.82) is 0 Å². The number of thiazole rings is 1. The number of methoxy groups -OCH3 is 1. The number of hydrogen-bond donors (Lipinski definition) is 2. The van der Waals surface area contributed by atoms with Gasteiger partial charge in [0, 0.05) is 24.1 Å². The predicted octanol–water partition coefficient (Wildman–Crippen LogP) is 2.17. The van der Waals surface area contributed by atoms with Crippen LogP contribution in [0, 0.1) is 13.8 Å². The lowest BCUT2D eigenvalue weighted by Crippen LogP contribution is -2.22. The molecule has 0 saturated carbocycles. The number of carbonyl (C=O) groups is 1. The highest BCUT2D eigenvalue weighted by atomic mass is 32.1. The molecule has 130 valence electrons. The van der Waals surface area contributed by atoms with Crippen molar-refractivity contribution in [3.8, 4) is 5.75 Å². The summed E-state index contributed by atoms with van der Waals surface area (Å²) in [5.74, 6) is 0.540. The Kier molecular flexibility index (Phi) is 6.72. The molecular formula is C17H23N3O3S. The van der Waals surface area contributed by atoms with Gasteiger partial charge in [-0.1, -0.05) is 6.07 Å². The van der Waals surface area contributed by atoms with Crippen LogP contribution in [0.25, 0.3) is 0 Å². The van der Waals surface area contributed by atoms with E-state index in [0.29, 0.717) is 37.6 Å². The summed E-state index contributed by atoms with van der Waals surface area (Å²) >= 11 is 1.55. The number of nitrogens with one attached hydrogen (secondary N) is 1. The van der Waals surface area contributed by atoms with E-state index in [2.05, 4.69) is 10.3 Å². The average Bonchev–Trinajstić information content (AvgIpc) is 2.92. The summed E-state index contributed by atoms with van der Waals surface area (Å²) in [7, 11) is 1.64. The van der Waals surface area contributed by atoms with E-state index in [4.69, 9.17) is 15.2 Å². The van der Waals surface area contributed by atoms with Crippen molar-refractivity contribution in [3.05, 3.63) is 44.9 Å². The van der Waals surface area contributed by atoms with Crippen LogP contribution >= 0.6 is 11.3 Å². The molecular weight excluding hydrogens is 326 g/mol. The van der Waals surface area contributed by atoms with Gasteiger partial charge < -0.3 is 20.5 Å². The number of hydrogen-bond acceptors (Lipinski definition) is 6. The van der Waals surface area contributed by atoms with E-state index in [1.165, 1.54) is 0 Å². The van der Waals surface area contributed by atoms with Crippen LogP contribution in [-0.2, 0) is 17.9 Å². The number of nitrogens with two attached hydrogens (primary N) is 1. The smallest absolute Gasteiger partial charge is 0.251 e. The highest BCUT2D eigenvalue weighted by molar-refractivity contribution is 7.11. The summed E-state index contributed by atoms with van der Waals surface area (Å²) in [6, 6.07) is 5.40. The summed E-state index contributed by atoms with van der Waals surface area (Å²) in [6.45, 7) is 5.66. The van der Waals surface area contributed by atoms with Gasteiger partial charge >= 0.3 is 0 Å². The number of carbonyl (C=O) groups excluding carboxylic acids is 1. The third-order valence-corrected chi connectivity index (χ3v) is 4.57. The fourth-order valence-corrected chi connectivity index (χ4v) is 3.15. The number of benzene rings is 1. The summed E-state index contributed by atoms with van der Waals surface area (Å²) in [4.78, 5) is 17.8. The van der Waals surface area contributed by atoms with E-state index in [-0.39, 0.29) is 5.91 Å². The quantitative estimate of drug-likeness (QED) is 0.763. The maximum atomic E-state index is 12.4. The summed E-state index contributed by atoms with van der Waals surface area (Å²) in [5.41, 5.74) is 7.91. The number of rotatable bonds is 8. The molecule has 2 rings (SSSR count). The Hall–Kier alpha value is -1.96. The maximum Gasteiger partial charge on any atom is 0.251 e. The van der Waals surface area contributed by atoms with Crippen molar-refractivity contribution in [2.45, 2.75) is 27.0 Å². The molecule has 1 amide bonds. The van der Waals surface area contributed by atoms with Gasteiger partial charge in [-0.05, 0) is 31.5 Å². The molecule has 1 heterocycles. The van der Waals surface area contributed by atoms with Crippen LogP contribution in [0.5, 0.6) is 5.75 Å². The molecule has 7 heteroatoms. The van der Waals surface area contributed by atoms with Gasteiger partial charge in [0.1, 0.15) is 17.4 Å². The van der Waals surface area contributed by atoms with E-state index >= 15 is 0 Å². The number of aryl methyl sites for hydroxylation is 2. The van der Waals surface area contributed by atoms with Crippen LogP contribution in [0.3, 0.4) is 0 Å². The van der Waals surface area contributed by atoms with E-state index in [0.717, 1.165) is 21.1 Å². The van der Waals surface area contributed by atoms with Gasteiger partial charge in [0.25, 0.3) is 5.91 Å². The first kappa shape index (κ1) is 18.4. The van der Waals surface area contributed by atoms with Gasteiger partial charge in [-0.3, -0.25) is 4.79 Å². The number of aromatic nitrogens is 1. The predicted molar refractivity (Wildman–Crippen MR) is 94.5 cm³/mol. The van der Waals surface area contributed by atoms with Crippen molar-refractivity contribution in [3.63, 3.8) is 0 Å². The van der Waals surface area contributed by atoms with Gasteiger partial charge in [0.05, 0.1) is 18.8 Å². The molecule has 0 aliphatic carbocycles. The van der Waals surface area contributed by atoms with E-state index in [9.17, 15) is 4.79 Å². The number of amides is 1. The second kappa shape index (κ2) is 8.77. The van der Waals surface area contributed by atoms with E-state index in [1.54, 1.807) is 30.6 Å². The van der Waals surface area contributed by atoms with Gasteiger partial charge in [-0.25, -0.2) is 4.98 Å². The Morgan fingerprint density at radius 3 is 2.88 bits per heavy atom. The molecule has 3 N–H and O–H groups in total. The standard InChI is InChI=1S/C17H23N3O3S/c1-11-4-5-13(8-14(11)23-7-6-18)17(21)19-9-15-12(2)20-16(24-15)10-22-3/h4-5,8H,6-7,9-10,18H2,1-3H3,(H,19,21). The Bertz CT molecular complexity index is 700. The molecule has 0 aliphatic heterocycles. The molecule has 0 fully saturated rings. The van der Waals surface area contributed by atoms with Gasteiger partial charge in [0.2, 0.25) is 0 Å². The van der Waals surface area contributed by atoms with Crippen LogP contribution < -0.4 is 15.8 Å². The second-order valence-corrected chi connectivity index (χ2v) is 6.52. The van der Waals surface area contributed by atoms with E-state index < -0.39 is 0 Å². The summed E-state index contributed by atoms with van der Waals surface area (Å²) < 4.78 is 10.6. The lowest BCUT2D eigenvalue weighted by atomic mass is 10.1. The SMILES string of the molecule is COCc1nc(C)c(CNC(=O)c2ccc(C)c(OCCN)c2)s1. The molecule has 1 aromatic heterocycles. The first-order chi connectivity index (χ1) is 11.5. The average molecular weight is 349 g/mol. The molecule has 1 aromatic carbocycles. The van der Waals surface area contributed by atoms with Crippen LogP contribution in [-0.4, -0.2) is 31.2 Å². The summed E-state index contributed by atoms with van der Waals surface area (Å²) in [6.07, 6.45) is 0. The fraction of sp³-hybridized carbons (Fsp3) is 0.412. The molecule has 0 spiro atoms. The Labute approximate surface area is 146 Å². The highest BCUT2D eigenvalue weighted by Crippen LogP contribution is 2.21. The Morgan fingerprint density at radius 1 is 1.38 bits per heavy atom. The highest BCUT2D eigenvalue weighted by Gasteiger charge is 2.12. The molecule has 24 heavy (non-hydrogen) atoms. The van der Waals surface area contributed by atoms with Gasteiger partial charge in [0.15, 0.2) is 0 Å². The first-order valence-corrected chi connectivity index (χ1v) is 8.52. The molecule has 0 aliphatic rings. The van der Waals surface area contributed by atoms with Crippen LogP contribution in [0.2, 0.25) is 0 Å². The minimum atomic E-state index is -0.145. The lowest BCUT2D eigenvalue weighted by molar-refractivity contribution is 0.0951. The van der Waals surface area contributed by atoms with Crippen molar-refractivity contribution in [1.82, 2.24) is 10.3 Å². The van der Waals surface area contributed by atoms with Crippen molar-refractivity contribution < 1.29 is 14.3 Å². The Balaban J connectivity index is 2.02. The molecule has 0 saturated heterocycles. The summed E-state index contributed by atoms with van der Waals surface area (Å²) in [5, 5.41) is 3.83. The Morgan fingerprint density at radius 2 is 2.17 bits per heavy atom. The van der Waals surface area contributed by atoms with Gasteiger partial charge in [-0.2, -0.15) is 0 Å². The van der Waals surface area contributed by atoms with Crippen LogP contribution in [0.4, 0.5) is 0 Å². The lowest BCUT2D eigenvalue weighted by Gasteiger charge is -2.10. The molecule has 0 bridgehead atoms. The van der Waals surface area contributed by atoms with Crippen LogP contribution in [0.15, 0.2) is 18.2 Å². The van der Waals surface area contributed by atoms with Crippen molar-refractivity contribution in [2.24, 2.45) is 5.73 Å². The zero-order valence-corrected chi connectivity index (χ0v) is 15.0. The minimum absolute atomic E-state index is 0.145. The van der Waals surface area contributed by atoms with E-state index in [1.807, 2.05) is 19.9 Å². The molecule has 0 radical (unpaired) electrons. The first-order valence-electron chi connectivity index (χ1n) is 7.71. The van der Waals surface area contributed by atoms with Gasteiger partial charge in [-0.15, -0.1) is 11.3 Å². The van der Waals surface area contributed by atoms with Crippen molar-refractivity contribution in [2.75, 3.05) is 20.3 Å².